The Kier molecular flexibility index (Phi) is 3.19. The minimum Gasteiger partial charge on any atom is -0.321 e. The van der Waals surface area contributed by atoms with E-state index in [2.05, 4.69) is 20.4 Å². The molecule has 1 amide bonds. The summed E-state index contributed by atoms with van der Waals surface area (Å²) in [7, 11) is 0. The van der Waals surface area contributed by atoms with Gasteiger partial charge in [0.2, 0.25) is 5.91 Å². The van der Waals surface area contributed by atoms with Gasteiger partial charge in [-0.05, 0) is 25.0 Å². The minimum atomic E-state index is -0.768. The number of nitrogens with zero attached hydrogens (tertiary/aromatic N) is 4. The number of nitrogens with two attached hydrogens (primary N) is 1. The van der Waals surface area contributed by atoms with Gasteiger partial charge < -0.3 is 11.1 Å². The van der Waals surface area contributed by atoms with Crippen LogP contribution in [0.15, 0.2) is 31.0 Å². The summed E-state index contributed by atoms with van der Waals surface area (Å²) >= 11 is 0. The summed E-state index contributed by atoms with van der Waals surface area (Å²) in [5.74, 6) is 0.365. The molecule has 0 aromatic carbocycles. The molecule has 0 aliphatic heterocycles. The lowest BCUT2D eigenvalue weighted by Gasteiger charge is -2.22. The fourth-order valence-electron chi connectivity index (χ4n) is 2.47. The molecule has 0 atom stereocenters. The topological polar surface area (TPSA) is 98.7 Å². The fourth-order valence-corrected chi connectivity index (χ4v) is 2.47. The highest BCUT2D eigenvalue weighted by Gasteiger charge is 2.37. The zero-order valence-electron chi connectivity index (χ0n) is 11.0. The Morgan fingerprint density at radius 1 is 1.40 bits per heavy atom. The molecule has 0 bridgehead atoms. The molecule has 1 aliphatic rings. The first kappa shape index (κ1) is 12.7. The molecule has 2 aromatic heterocycles. The molecule has 1 aliphatic carbocycles. The maximum atomic E-state index is 12.3. The lowest BCUT2D eigenvalue weighted by molar-refractivity contribution is -0.121. The first-order valence-corrected chi connectivity index (χ1v) is 6.59. The Morgan fingerprint density at radius 2 is 2.20 bits per heavy atom. The van der Waals surface area contributed by atoms with Gasteiger partial charge in [-0.15, -0.1) is 0 Å². The highest BCUT2D eigenvalue weighted by Crippen LogP contribution is 2.29. The average molecular weight is 272 g/mol. The van der Waals surface area contributed by atoms with E-state index >= 15 is 0 Å². The van der Waals surface area contributed by atoms with Crippen LogP contribution in [0.5, 0.6) is 0 Å². The minimum absolute atomic E-state index is 0.163. The number of carbonyl (C=O) groups is 1. The summed E-state index contributed by atoms with van der Waals surface area (Å²) in [5, 5.41) is 6.90. The Hall–Kier alpha value is -2.28. The Morgan fingerprint density at radius 3 is 2.90 bits per heavy atom. The van der Waals surface area contributed by atoms with Gasteiger partial charge >= 0.3 is 0 Å². The maximum Gasteiger partial charge on any atom is 0.244 e. The zero-order chi connectivity index (χ0) is 14.0. The lowest BCUT2D eigenvalue weighted by atomic mass is 9.98. The fraction of sp³-hybridized carbons (Fsp3) is 0.385. The molecule has 3 rings (SSSR count). The van der Waals surface area contributed by atoms with Crippen LogP contribution >= 0.6 is 0 Å². The number of aromatic nitrogens is 4. The number of hydrogen-bond acceptors (Lipinski definition) is 5. The predicted octanol–water partition coefficient (Wildman–Crippen LogP) is 0.872. The van der Waals surface area contributed by atoms with Gasteiger partial charge in [0.05, 0.1) is 11.2 Å². The number of carbonyl (C=O) groups excluding carboxylic acids is 1. The van der Waals surface area contributed by atoms with Crippen molar-refractivity contribution in [2.75, 3.05) is 5.32 Å². The number of pyridine rings is 1. The summed E-state index contributed by atoms with van der Waals surface area (Å²) in [6.07, 6.45) is 8.02. The van der Waals surface area contributed by atoms with Crippen molar-refractivity contribution in [3.05, 3.63) is 31.0 Å². The third-order valence-electron chi connectivity index (χ3n) is 3.62. The maximum absolute atomic E-state index is 12.3. The highest BCUT2D eigenvalue weighted by molar-refractivity contribution is 5.99. The molecule has 0 spiro atoms. The first-order chi connectivity index (χ1) is 9.69. The van der Waals surface area contributed by atoms with Gasteiger partial charge in [0, 0.05) is 6.20 Å². The van der Waals surface area contributed by atoms with Crippen molar-refractivity contribution in [2.24, 2.45) is 5.73 Å². The van der Waals surface area contributed by atoms with E-state index in [1.165, 1.54) is 17.3 Å². The van der Waals surface area contributed by atoms with E-state index < -0.39 is 5.54 Å². The molecule has 1 fully saturated rings. The van der Waals surface area contributed by atoms with E-state index in [1.807, 2.05) is 0 Å². The number of nitrogens with one attached hydrogen (secondary N) is 1. The predicted molar refractivity (Wildman–Crippen MR) is 73.2 cm³/mol. The molecule has 1 saturated carbocycles. The summed E-state index contributed by atoms with van der Waals surface area (Å²) in [5.41, 5.74) is 5.97. The second-order valence-electron chi connectivity index (χ2n) is 5.03. The van der Waals surface area contributed by atoms with Crippen molar-refractivity contribution < 1.29 is 4.79 Å². The second kappa shape index (κ2) is 5.01. The Bertz CT molecular complexity index is 603. The van der Waals surface area contributed by atoms with Crippen LogP contribution in [0.2, 0.25) is 0 Å². The van der Waals surface area contributed by atoms with E-state index in [0.717, 1.165) is 25.7 Å². The van der Waals surface area contributed by atoms with E-state index in [0.29, 0.717) is 11.5 Å². The third kappa shape index (κ3) is 2.27. The number of amides is 1. The van der Waals surface area contributed by atoms with Crippen molar-refractivity contribution in [3.8, 4) is 5.82 Å². The molecule has 0 radical (unpaired) electrons. The molecule has 3 N–H and O–H groups in total. The van der Waals surface area contributed by atoms with Crippen LogP contribution in [-0.4, -0.2) is 31.2 Å². The first-order valence-electron chi connectivity index (χ1n) is 6.59. The van der Waals surface area contributed by atoms with Gasteiger partial charge in [0.15, 0.2) is 5.82 Å². The zero-order valence-corrected chi connectivity index (χ0v) is 11.0. The van der Waals surface area contributed by atoms with Gasteiger partial charge in [-0.25, -0.2) is 14.6 Å². The van der Waals surface area contributed by atoms with Crippen LogP contribution in [-0.2, 0) is 4.79 Å². The lowest BCUT2D eigenvalue weighted by Crippen LogP contribution is -2.48. The third-order valence-corrected chi connectivity index (χ3v) is 3.62. The summed E-state index contributed by atoms with van der Waals surface area (Å²) < 4.78 is 1.51. The monoisotopic (exact) mass is 272 g/mol. The summed E-state index contributed by atoms with van der Waals surface area (Å²) in [4.78, 5) is 20.5. The second-order valence-corrected chi connectivity index (χ2v) is 5.03. The van der Waals surface area contributed by atoms with Gasteiger partial charge in [0.1, 0.15) is 12.7 Å². The molecule has 7 heteroatoms. The number of rotatable bonds is 3. The van der Waals surface area contributed by atoms with Crippen molar-refractivity contribution >= 4 is 11.6 Å². The molecular weight excluding hydrogens is 256 g/mol. The summed E-state index contributed by atoms with van der Waals surface area (Å²) in [6.45, 7) is 0. The smallest absolute Gasteiger partial charge is 0.244 e. The molecular formula is C13H16N6O. The molecule has 0 saturated heterocycles. The van der Waals surface area contributed by atoms with E-state index in [-0.39, 0.29) is 5.91 Å². The Labute approximate surface area is 116 Å². The highest BCUT2D eigenvalue weighted by atomic mass is 16.2. The average Bonchev–Trinajstić information content (AvgIpc) is 3.11. The van der Waals surface area contributed by atoms with Crippen molar-refractivity contribution in [3.63, 3.8) is 0 Å². The molecule has 20 heavy (non-hydrogen) atoms. The largest absolute Gasteiger partial charge is 0.321 e. The van der Waals surface area contributed by atoms with Gasteiger partial charge in [0.25, 0.3) is 0 Å². The van der Waals surface area contributed by atoms with Crippen LogP contribution < -0.4 is 11.1 Å². The normalized spacial score (nSPS) is 17.1. The van der Waals surface area contributed by atoms with Crippen LogP contribution in [0.4, 0.5) is 5.69 Å². The molecule has 0 unspecified atom stereocenters. The van der Waals surface area contributed by atoms with Gasteiger partial charge in [-0.1, -0.05) is 12.8 Å². The standard InChI is InChI=1S/C13H16N6O/c14-13(5-1-2-6-13)12(20)18-10-4-3-7-16-11(10)19-9-15-8-17-19/h3-4,7-9H,1-2,5-6,14H2,(H,18,20). The quantitative estimate of drug-likeness (QED) is 0.863. The van der Waals surface area contributed by atoms with E-state index in [9.17, 15) is 4.79 Å². The molecule has 2 aromatic rings. The van der Waals surface area contributed by atoms with Crippen molar-refractivity contribution in [1.29, 1.82) is 0 Å². The number of hydrogen-bond donors (Lipinski definition) is 2. The van der Waals surface area contributed by atoms with Gasteiger partial charge in [-0.2, -0.15) is 5.10 Å². The molecule has 2 heterocycles. The van der Waals surface area contributed by atoms with Crippen LogP contribution in [0.25, 0.3) is 5.82 Å². The number of anilines is 1. The SMILES string of the molecule is NC1(C(=O)Nc2cccnc2-n2cncn2)CCCC1. The summed E-state index contributed by atoms with van der Waals surface area (Å²) in [6, 6.07) is 3.54. The van der Waals surface area contributed by atoms with Crippen molar-refractivity contribution in [2.45, 2.75) is 31.2 Å². The van der Waals surface area contributed by atoms with Crippen LogP contribution in [0.3, 0.4) is 0 Å². The Balaban J connectivity index is 1.86. The van der Waals surface area contributed by atoms with E-state index in [4.69, 9.17) is 5.73 Å². The van der Waals surface area contributed by atoms with Gasteiger partial charge in [-0.3, -0.25) is 4.79 Å². The van der Waals surface area contributed by atoms with Crippen molar-refractivity contribution in [1.82, 2.24) is 19.7 Å². The van der Waals surface area contributed by atoms with E-state index in [1.54, 1.807) is 18.3 Å². The van der Waals surface area contributed by atoms with Crippen LogP contribution in [0, 0.1) is 0 Å². The molecule has 104 valence electrons. The molecule has 7 nitrogen and oxygen atoms in total. The van der Waals surface area contributed by atoms with Crippen LogP contribution in [0.1, 0.15) is 25.7 Å².